The van der Waals surface area contributed by atoms with E-state index in [1.165, 1.54) is 10.9 Å². The number of aliphatic hydroxyl groups is 3. The van der Waals surface area contributed by atoms with Crippen LogP contribution in [0.3, 0.4) is 0 Å². The van der Waals surface area contributed by atoms with Crippen LogP contribution >= 0.6 is 0 Å². The van der Waals surface area contributed by atoms with E-state index >= 15 is 0 Å². The van der Waals surface area contributed by atoms with E-state index in [0.29, 0.717) is 18.3 Å². The third kappa shape index (κ3) is 14.9. The van der Waals surface area contributed by atoms with Crippen LogP contribution in [0.5, 0.6) is 0 Å². The van der Waals surface area contributed by atoms with Crippen LogP contribution in [0.2, 0.25) is 0 Å². The molecule has 5 atom stereocenters. The predicted octanol–water partition coefficient (Wildman–Crippen LogP) is -5.65. The zero-order valence-corrected chi connectivity index (χ0v) is 19.0. The number of nitrogens with two attached hydrogens (primary N) is 2. The van der Waals surface area contributed by atoms with Crippen LogP contribution in [0.25, 0.3) is 0 Å². The summed E-state index contributed by atoms with van der Waals surface area (Å²) in [4.78, 5) is 41.9. The van der Waals surface area contributed by atoms with Gasteiger partial charge in [-0.3, -0.25) is 9.35 Å². The second-order valence-electron chi connectivity index (χ2n) is 6.88. The molecule has 1 amide bonds. The zero-order chi connectivity index (χ0) is 27.2. The number of hydrogen-bond donors (Lipinski definition) is 8. The Hall–Kier alpha value is -2.91. The third-order valence-electron chi connectivity index (χ3n) is 3.83. The van der Waals surface area contributed by atoms with Gasteiger partial charge in [0.25, 0.3) is 0 Å². The number of aliphatic carboxylic acids is 1. The Morgan fingerprint density at radius 2 is 1.77 bits per heavy atom. The molecule has 10 N–H and O–H groups in total. The molecule has 1 aromatic heterocycles. The SMILES string of the molecule is N[C@H](C=O)CC(=O)NC[C@H](O)[C@@H](O)[C@H](O)C(=O)O.N[C@H](C=O)Cc1cn(CCOS(=O)(=O)O)nn1. The Bertz CT molecular complexity index is 926. The molecule has 0 aliphatic rings. The van der Waals surface area contributed by atoms with Gasteiger partial charge in [0, 0.05) is 25.6 Å². The van der Waals surface area contributed by atoms with Gasteiger partial charge in [0.05, 0.1) is 30.9 Å². The van der Waals surface area contributed by atoms with E-state index < -0.39 is 59.2 Å². The Morgan fingerprint density at radius 1 is 1.17 bits per heavy atom. The molecule has 0 bridgehead atoms. The Balaban J connectivity index is 0.000000661. The van der Waals surface area contributed by atoms with E-state index in [9.17, 15) is 37.8 Å². The highest BCUT2D eigenvalue weighted by Crippen LogP contribution is 2.00. The van der Waals surface area contributed by atoms with Crippen molar-refractivity contribution in [1.29, 1.82) is 0 Å². The monoisotopic (exact) mass is 528 g/mol. The third-order valence-corrected chi connectivity index (χ3v) is 4.30. The zero-order valence-electron chi connectivity index (χ0n) is 18.2. The molecule has 18 nitrogen and oxygen atoms in total. The first-order valence-corrected chi connectivity index (χ1v) is 11.0. The van der Waals surface area contributed by atoms with Crippen LogP contribution in [0.15, 0.2) is 6.20 Å². The number of amides is 1. The molecule has 0 unspecified atom stereocenters. The summed E-state index contributed by atoms with van der Waals surface area (Å²) in [6, 6.07) is -1.62. The maximum absolute atomic E-state index is 11.1. The molecule has 1 aromatic rings. The number of aliphatic hydroxyl groups excluding tert-OH is 3. The lowest BCUT2D eigenvalue weighted by molar-refractivity contribution is -0.157. The van der Waals surface area contributed by atoms with Gasteiger partial charge in [0.2, 0.25) is 5.91 Å². The van der Waals surface area contributed by atoms with Crippen molar-refractivity contribution in [2.24, 2.45) is 11.5 Å². The Kier molecular flexibility index (Phi) is 14.6. The van der Waals surface area contributed by atoms with Gasteiger partial charge in [-0.2, -0.15) is 8.42 Å². The molecule has 35 heavy (non-hydrogen) atoms. The number of carbonyl (C=O) groups is 4. The smallest absolute Gasteiger partial charge is 0.397 e. The maximum Gasteiger partial charge on any atom is 0.397 e. The molecule has 0 aromatic carbocycles. The standard InChI is InChI=1S/C9H16N2O7.C7H12N4O5S/c10-4(3-12)1-6(14)11-2-5(13)7(15)8(16)9(17)18;8-6(5-12)3-7-4-11(10-9-7)1-2-16-17(13,14)15/h3-5,7-8,13,15-16H,1-2,10H2,(H,11,14)(H,17,18);4-6H,1-3,8H2,(H,13,14,15)/t4-,5-,7+,8-;6-/m00/s1. The molecule has 0 aliphatic heterocycles. The van der Waals surface area contributed by atoms with Gasteiger partial charge in [0.15, 0.2) is 6.10 Å². The van der Waals surface area contributed by atoms with E-state index in [4.69, 9.17) is 26.2 Å². The number of nitrogens with one attached hydrogen (secondary N) is 1. The second kappa shape index (κ2) is 15.9. The average Bonchev–Trinajstić information content (AvgIpc) is 3.22. The fourth-order valence-electron chi connectivity index (χ4n) is 2.10. The summed E-state index contributed by atoms with van der Waals surface area (Å²) in [5.74, 6) is -2.35. The minimum Gasteiger partial charge on any atom is -0.479 e. The van der Waals surface area contributed by atoms with E-state index in [1.807, 2.05) is 0 Å². The number of rotatable bonds is 15. The van der Waals surface area contributed by atoms with E-state index in [0.717, 1.165) is 0 Å². The summed E-state index contributed by atoms with van der Waals surface area (Å²) in [7, 11) is -4.44. The van der Waals surface area contributed by atoms with Crippen molar-refractivity contribution in [3.63, 3.8) is 0 Å². The lowest BCUT2D eigenvalue weighted by Crippen LogP contribution is -2.47. The average molecular weight is 528 g/mol. The number of hydrogen-bond acceptors (Lipinski definition) is 14. The van der Waals surface area contributed by atoms with Crippen LogP contribution in [-0.4, -0.2) is 116 Å². The summed E-state index contributed by atoms with van der Waals surface area (Å²) in [5, 5.41) is 45.3. The van der Waals surface area contributed by atoms with Crippen LogP contribution in [-0.2, 0) is 46.7 Å². The second-order valence-corrected chi connectivity index (χ2v) is 7.97. The van der Waals surface area contributed by atoms with Crippen molar-refractivity contribution in [2.45, 2.75) is 49.8 Å². The van der Waals surface area contributed by atoms with E-state index in [2.05, 4.69) is 19.8 Å². The van der Waals surface area contributed by atoms with E-state index in [1.54, 1.807) is 0 Å². The summed E-state index contributed by atoms with van der Waals surface area (Å²) >= 11 is 0. The van der Waals surface area contributed by atoms with Gasteiger partial charge in [0.1, 0.15) is 24.8 Å². The molecule has 0 saturated heterocycles. The Morgan fingerprint density at radius 3 is 2.29 bits per heavy atom. The molecule has 0 fully saturated rings. The van der Waals surface area contributed by atoms with Gasteiger partial charge in [-0.15, -0.1) is 5.10 Å². The first kappa shape index (κ1) is 32.1. The summed E-state index contributed by atoms with van der Waals surface area (Å²) in [6.07, 6.45) is -3.32. The Labute approximate surface area is 198 Å². The topological polar surface area (TPSA) is 308 Å². The first-order chi connectivity index (χ1) is 16.2. The minimum atomic E-state index is -4.44. The highest BCUT2D eigenvalue weighted by atomic mass is 32.3. The highest BCUT2D eigenvalue weighted by molar-refractivity contribution is 7.80. The number of aromatic nitrogens is 3. The largest absolute Gasteiger partial charge is 0.479 e. The summed E-state index contributed by atoms with van der Waals surface area (Å²) in [6.45, 7) is -0.638. The molecular formula is C16H28N6O12S. The molecule has 0 aliphatic carbocycles. The fraction of sp³-hybridized carbons (Fsp3) is 0.625. The van der Waals surface area contributed by atoms with Crippen LogP contribution in [0, 0.1) is 0 Å². The van der Waals surface area contributed by atoms with Crippen LogP contribution < -0.4 is 16.8 Å². The van der Waals surface area contributed by atoms with Gasteiger partial charge in [-0.05, 0) is 0 Å². The van der Waals surface area contributed by atoms with Gasteiger partial charge in [-0.1, -0.05) is 5.21 Å². The predicted molar refractivity (Wildman–Crippen MR) is 113 cm³/mol. The van der Waals surface area contributed by atoms with Crippen molar-refractivity contribution in [2.75, 3.05) is 13.2 Å². The van der Waals surface area contributed by atoms with Crippen molar-refractivity contribution >= 4 is 34.8 Å². The summed E-state index contributed by atoms with van der Waals surface area (Å²) in [5.41, 5.74) is 11.1. The molecule has 200 valence electrons. The normalized spacial score (nSPS) is 15.5. The fourth-order valence-corrected chi connectivity index (χ4v) is 2.38. The highest BCUT2D eigenvalue weighted by Gasteiger charge is 2.30. The minimum absolute atomic E-state index is 0.100. The molecule has 0 saturated carbocycles. The van der Waals surface area contributed by atoms with Gasteiger partial charge in [-0.25, -0.2) is 13.7 Å². The molecule has 0 spiro atoms. The molecular weight excluding hydrogens is 500 g/mol. The number of carboxylic acids is 1. The lowest BCUT2D eigenvalue weighted by atomic mass is 10.1. The van der Waals surface area contributed by atoms with Crippen molar-refractivity contribution in [1.82, 2.24) is 20.3 Å². The molecule has 1 heterocycles. The van der Waals surface area contributed by atoms with Crippen LogP contribution in [0.1, 0.15) is 12.1 Å². The molecule has 1 rings (SSSR count). The molecule has 19 heteroatoms. The van der Waals surface area contributed by atoms with Gasteiger partial charge >= 0.3 is 16.4 Å². The quantitative estimate of drug-likeness (QED) is 0.0776. The lowest BCUT2D eigenvalue weighted by Gasteiger charge is -2.20. The van der Waals surface area contributed by atoms with Gasteiger partial charge < -0.3 is 46.8 Å². The number of aldehydes is 2. The van der Waals surface area contributed by atoms with Crippen molar-refractivity contribution in [3.8, 4) is 0 Å². The number of nitrogens with zero attached hydrogens (tertiary/aromatic N) is 3. The number of carbonyl (C=O) groups excluding carboxylic acids is 3. The summed E-state index contributed by atoms with van der Waals surface area (Å²) < 4.78 is 34.2. The number of carboxylic acid groups (broad SMARTS) is 1. The van der Waals surface area contributed by atoms with Crippen LogP contribution in [0.4, 0.5) is 0 Å². The van der Waals surface area contributed by atoms with E-state index in [-0.39, 0.29) is 26.0 Å². The molecule has 0 radical (unpaired) electrons. The van der Waals surface area contributed by atoms with Crippen molar-refractivity contribution in [3.05, 3.63) is 11.9 Å². The first-order valence-electron chi connectivity index (χ1n) is 9.66. The van der Waals surface area contributed by atoms with Crippen molar-refractivity contribution < 1.29 is 56.8 Å². The maximum atomic E-state index is 11.1.